The first-order chi connectivity index (χ1) is 15.0. The van der Waals surface area contributed by atoms with Crippen LogP contribution in [-0.4, -0.2) is 18.5 Å². The van der Waals surface area contributed by atoms with Gasteiger partial charge in [-0.05, 0) is 59.7 Å². The van der Waals surface area contributed by atoms with Gasteiger partial charge in [0.2, 0.25) is 5.91 Å². The van der Waals surface area contributed by atoms with E-state index in [2.05, 4.69) is 41.0 Å². The Morgan fingerprint density at radius 3 is 2.65 bits per heavy atom. The highest BCUT2D eigenvalue weighted by molar-refractivity contribution is 6.35. The largest absolute Gasteiger partial charge is 0.385 e. The first-order valence-corrected chi connectivity index (χ1v) is 11.2. The normalized spacial score (nSPS) is 16.2. The van der Waals surface area contributed by atoms with E-state index in [4.69, 9.17) is 28.9 Å². The topological polar surface area (TPSA) is 67.2 Å². The van der Waals surface area contributed by atoms with Crippen molar-refractivity contribution < 1.29 is 4.79 Å². The van der Waals surface area contributed by atoms with Crippen molar-refractivity contribution in [2.45, 2.75) is 31.3 Å². The molecule has 0 aromatic heterocycles. The Kier molecular flexibility index (Phi) is 6.81. The minimum atomic E-state index is -0.690. The third-order valence-electron chi connectivity index (χ3n) is 5.60. The second kappa shape index (κ2) is 9.73. The molecule has 6 heteroatoms. The van der Waals surface area contributed by atoms with Crippen molar-refractivity contribution in [2.75, 3.05) is 11.9 Å². The first kappa shape index (κ1) is 21.7. The van der Waals surface area contributed by atoms with E-state index in [-0.39, 0.29) is 11.9 Å². The zero-order valence-electron chi connectivity index (χ0n) is 17.1. The molecule has 4 nitrogen and oxygen atoms in total. The average molecular weight is 454 g/mol. The van der Waals surface area contributed by atoms with Gasteiger partial charge >= 0.3 is 0 Å². The van der Waals surface area contributed by atoms with Crippen LogP contribution in [0.5, 0.6) is 0 Å². The Bertz CT molecular complexity index is 1070. The Morgan fingerprint density at radius 2 is 1.87 bits per heavy atom. The van der Waals surface area contributed by atoms with Crippen LogP contribution < -0.4 is 16.4 Å². The predicted molar refractivity (Wildman–Crippen MR) is 128 cm³/mol. The summed E-state index contributed by atoms with van der Waals surface area (Å²) in [7, 11) is 0. The highest BCUT2D eigenvalue weighted by Crippen LogP contribution is 2.31. The lowest BCUT2D eigenvalue weighted by molar-refractivity contribution is -0.123. The lowest BCUT2D eigenvalue weighted by Gasteiger charge is -2.29. The van der Waals surface area contributed by atoms with Crippen LogP contribution in [0, 0.1) is 0 Å². The van der Waals surface area contributed by atoms with Crippen LogP contribution in [0.4, 0.5) is 5.69 Å². The molecule has 1 amide bonds. The van der Waals surface area contributed by atoms with E-state index >= 15 is 0 Å². The molecule has 31 heavy (non-hydrogen) atoms. The third-order valence-corrected chi connectivity index (χ3v) is 6.19. The number of halogens is 2. The maximum atomic E-state index is 12.9. The van der Waals surface area contributed by atoms with Gasteiger partial charge in [0, 0.05) is 22.3 Å². The van der Waals surface area contributed by atoms with Gasteiger partial charge in [-0.1, -0.05) is 71.7 Å². The van der Waals surface area contributed by atoms with Gasteiger partial charge in [0.25, 0.3) is 0 Å². The molecule has 0 saturated heterocycles. The van der Waals surface area contributed by atoms with Gasteiger partial charge in [-0.3, -0.25) is 4.79 Å². The van der Waals surface area contributed by atoms with Crippen LogP contribution in [0.25, 0.3) is 0 Å². The summed E-state index contributed by atoms with van der Waals surface area (Å²) in [4.78, 5) is 12.9. The van der Waals surface area contributed by atoms with Crippen molar-refractivity contribution in [3.8, 4) is 0 Å². The van der Waals surface area contributed by atoms with Gasteiger partial charge in [-0.25, -0.2) is 0 Å². The molecule has 1 aliphatic rings. The standard InChI is InChI=1S/C25H25Cl2N3O/c26-19-8-7-18(21(27)15-19)14-22(28)25(31)30-24-10-11-29-23-9-6-17(13-20(23)24)12-16-4-2-1-3-5-16/h1-9,13,15,22,24,29H,10-12,14,28H2,(H,30,31). The molecule has 0 fully saturated rings. The second-order valence-electron chi connectivity index (χ2n) is 7.91. The van der Waals surface area contributed by atoms with Crippen LogP contribution in [0.2, 0.25) is 10.0 Å². The maximum absolute atomic E-state index is 12.9. The Morgan fingerprint density at radius 1 is 1.06 bits per heavy atom. The fourth-order valence-electron chi connectivity index (χ4n) is 3.96. The van der Waals surface area contributed by atoms with Gasteiger partial charge in [0.05, 0.1) is 12.1 Å². The quantitative estimate of drug-likeness (QED) is 0.484. The van der Waals surface area contributed by atoms with Gasteiger partial charge in [-0.2, -0.15) is 0 Å². The lowest BCUT2D eigenvalue weighted by atomic mass is 9.93. The summed E-state index contributed by atoms with van der Waals surface area (Å²) in [5.74, 6) is -0.183. The summed E-state index contributed by atoms with van der Waals surface area (Å²) >= 11 is 12.2. The number of anilines is 1. The second-order valence-corrected chi connectivity index (χ2v) is 8.75. The molecule has 4 N–H and O–H groups in total. The highest BCUT2D eigenvalue weighted by atomic mass is 35.5. The molecule has 1 heterocycles. The van der Waals surface area contributed by atoms with Crippen molar-refractivity contribution >= 4 is 34.8 Å². The molecule has 1 aliphatic heterocycles. The summed E-state index contributed by atoms with van der Waals surface area (Å²) in [6.07, 6.45) is 2.01. The lowest BCUT2D eigenvalue weighted by Crippen LogP contribution is -2.44. The molecule has 160 valence electrons. The third kappa shape index (κ3) is 5.40. The smallest absolute Gasteiger partial charge is 0.237 e. The molecule has 3 aromatic carbocycles. The molecule has 0 radical (unpaired) electrons. The van der Waals surface area contributed by atoms with Gasteiger partial charge in [-0.15, -0.1) is 0 Å². The van der Waals surface area contributed by atoms with E-state index in [0.717, 1.165) is 36.2 Å². The Balaban J connectivity index is 1.46. The van der Waals surface area contributed by atoms with E-state index in [0.29, 0.717) is 16.5 Å². The highest BCUT2D eigenvalue weighted by Gasteiger charge is 2.25. The van der Waals surface area contributed by atoms with E-state index in [9.17, 15) is 4.79 Å². The van der Waals surface area contributed by atoms with Crippen molar-refractivity contribution in [3.05, 3.63) is 99.0 Å². The number of nitrogens with one attached hydrogen (secondary N) is 2. The van der Waals surface area contributed by atoms with Crippen LogP contribution in [0.1, 0.15) is 34.7 Å². The Hall–Kier alpha value is -2.53. The zero-order valence-corrected chi connectivity index (χ0v) is 18.6. The first-order valence-electron chi connectivity index (χ1n) is 10.4. The zero-order chi connectivity index (χ0) is 21.8. The summed E-state index contributed by atoms with van der Waals surface area (Å²) in [6.45, 7) is 0.800. The molecule has 0 aliphatic carbocycles. The molecule has 2 unspecified atom stereocenters. The van der Waals surface area contributed by atoms with Crippen molar-refractivity contribution in [2.24, 2.45) is 5.73 Å². The van der Waals surface area contributed by atoms with Crippen LogP contribution in [0.3, 0.4) is 0 Å². The number of carbonyl (C=O) groups excluding carboxylic acids is 1. The molecular weight excluding hydrogens is 429 g/mol. The molecule has 0 spiro atoms. The molecule has 3 aromatic rings. The monoisotopic (exact) mass is 453 g/mol. The number of carbonyl (C=O) groups is 1. The van der Waals surface area contributed by atoms with E-state index in [1.807, 2.05) is 24.3 Å². The number of hydrogen-bond acceptors (Lipinski definition) is 3. The summed E-state index contributed by atoms with van der Waals surface area (Å²) < 4.78 is 0. The van der Waals surface area contributed by atoms with Crippen molar-refractivity contribution in [3.63, 3.8) is 0 Å². The molecule has 4 rings (SSSR count). The number of hydrogen-bond donors (Lipinski definition) is 3. The molecular formula is C25H25Cl2N3O. The summed E-state index contributed by atoms with van der Waals surface area (Å²) in [6, 6.07) is 21.2. The van der Waals surface area contributed by atoms with Gasteiger partial charge in [0.15, 0.2) is 0 Å². The summed E-state index contributed by atoms with van der Waals surface area (Å²) in [5.41, 5.74) is 11.6. The summed E-state index contributed by atoms with van der Waals surface area (Å²) in [5, 5.41) is 7.65. The number of fused-ring (bicyclic) bond motifs is 1. The van der Waals surface area contributed by atoms with Crippen LogP contribution >= 0.6 is 23.2 Å². The number of benzene rings is 3. The van der Waals surface area contributed by atoms with Crippen LogP contribution in [0.15, 0.2) is 66.7 Å². The number of rotatable bonds is 6. The number of nitrogens with two attached hydrogens (primary N) is 1. The van der Waals surface area contributed by atoms with Crippen molar-refractivity contribution in [1.29, 1.82) is 0 Å². The molecule has 0 saturated carbocycles. The Labute approximate surface area is 192 Å². The van der Waals surface area contributed by atoms with E-state index < -0.39 is 6.04 Å². The fourth-order valence-corrected chi connectivity index (χ4v) is 4.44. The predicted octanol–water partition coefficient (Wildman–Crippen LogP) is 5.13. The SMILES string of the molecule is NC(Cc1ccc(Cl)cc1Cl)C(=O)NC1CCNc2ccc(Cc3ccccc3)cc21. The average Bonchev–Trinajstić information content (AvgIpc) is 2.76. The molecule has 2 atom stereocenters. The number of amides is 1. The molecule has 0 bridgehead atoms. The van der Waals surface area contributed by atoms with E-state index in [1.165, 1.54) is 11.1 Å². The maximum Gasteiger partial charge on any atom is 0.237 e. The minimum Gasteiger partial charge on any atom is -0.385 e. The minimum absolute atomic E-state index is 0.0776. The van der Waals surface area contributed by atoms with Crippen molar-refractivity contribution in [1.82, 2.24) is 5.32 Å². The van der Waals surface area contributed by atoms with Gasteiger partial charge in [0.1, 0.15) is 0 Å². The van der Waals surface area contributed by atoms with E-state index in [1.54, 1.807) is 12.1 Å². The van der Waals surface area contributed by atoms with Gasteiger partial charge < -0.3 is 16.4 Å². The fraction of sp³-hybridized carbons (Fsp3) is 0.240. The van der Waals surface area contributed by atoms with Crippen LogP contribution in [-0.2, 0) is 17.6 Å².